The van der Waals surface area contributed by atoms with E-state index in [2.05, 4.69) is 29.2 Å². The van der Waals surface area contributed by atoms with Crippen LogP contribution in [-0.4, -0.2) is 39.9 Å². The first-order valence-electron chi connectivity index (χ1n) is 9.70. The Kier molecular flexibility index (Phi) is 5.29. The Labute approximate surface area is 170 Å². The molecule has 0 radical (unpaired) electrons. The zero-order chi connectivity index (χ0) is 20.2. The highest BCUT2D eigenvalue weighted by Gasteiger charge is 2.16. The molecule has 4 rings (SSSR count). The Bertz CT molecular complexity index is 1090. The normalized spacial score (nSPS) is 10.9. The van der Waals surface area contributed by atoms with Crippen molar-refractivity contribution in [2.45, 2.75) is 13.8 Å². The average Bonchev–Trinajstić information content (AvgIpc) is 3.20. The summed E-state index contributed by atoms with van der Waals surface area (Å²) in [5.74, 6) is 2.21. The molecule has 0 amide bonds. The van der Waals surface area contributed by atoms with Crippen molar-refractivity contribution in [3.05, 3.63) is 60.8 Å². The van der Waals surface area contributed by atoms with Crippen molar-refractivity contribution in [3.63, 3.8) is 0 Å². The zero-order valence-electron chi connectivity index (χ0n) is 16.8. The maximum absolute atomic E-state index is 5.25. The summed E-state index contributed by atoms with van der Waals surface area (Å²) in [5, 5.41) is 8.86. The van der Waals surface area contributed by atoms with Crippen molar-refractivity contribution in [1.82, 2.24) is 19.7 Å². The number of ether oxygens (including phenoxy) is 1. The summed E-state index contributed by atoms with van der Waals surface area (Å²) in [4.78, 5) is 11.8. The number of benzene rings is 2. The summed E-state index contributed by atoms with van der Waals surface area (Å²) in [6.45, 7) is 5.84. The van der Waals surface area contributed by atoms with Crippen LogP contribution in [0, 0.1) is 0 Å². The van der Waals surface area contributed by atoms with E-state index < -0.39 is 0 Å². The largest absolute Gasteiger partial charge is 0.497 e. The Morgan fingerprint density at radius 2 is 1.69 bits per heavy atom. The first-order chi connectivity index (χ1) is 14.2. The number of aromatic nitrogens is 4. The molecule has 4 aromatic rings. The summed E-state index contributed by atoms with van der Waals surface area (Å²) >= 11 is 0. The minimum atomic E-state index is 0.677. The third-order valence-corrected chi connectivity index (χ3v) is 4.82. The van der Waals surface area contributed by atoms with Gasteiger partial charge < -0.3 is 15.0 Å². The van der Waals surface area contributed by atoms with E-state index in [-0.39, 0.29) is 0 Å². The average molecular weight is 388 g/mol. The smallest absolute Gasteiger partial charge is 0.229 e. The Hall–Kier alpha value is -3.61. The van der Waals surface area contributed by atoms with E-state index in [0.717, 1.165) is 47.1 Å². The minimum absolute atomic E-state index is 0.677. The molecule has 0 fully saturated rings. The van der Waals surface area contributed by atoms with Crippen LogP contribution in [0.5, 0.6) is 5.75 Å². The number of rotatable bonds is 7. The first kappa shape index (κ1) is 18.7. The summed E-state index contributed by atoms with van der Waals surface area (Å²) in [5.41, 5.74) is 2.65. The molecule has 7 nitrogen and oxygen atoms in total. The fraction of sp³-hybridized carbons (Fsp3) is 0.227. The maximum Gasteiger partial charge on any atom is 0.229 e. The molecule has 0 saturated carbocycles. The summed E-state index contributed by atoms with van der Waals surface area (Å²) in [6, 6.07) is 17.8. The molecule has 0 aliphatic rings. The molecule has 0 aliphatic heterocycles. The molecule has 29 heavy (non-hydrogen) atoms. The minimum Gasteiger partial charge on any atom is -0.497 e. The van der Waals surface area contributed by atoms with E-state index in [1.165, 1.54) is 0 Å². The fourth-order valence-corrected chi connectivity index (χ4v) is 3.21. The topological polar surface area (TPSA) is 68.1 Å². The van der Waals surface area contributed by atoms with Crippen LogP contribution in [0.4, 0.5) is 17.5 Å². The molecule has 0 saturated heterocycles. The van der Waals surface area contributed by atoms with Gasteiger partial charge in [0.05, 0.1) is 24.4 Å². The lowest BCUT2D eigenvalue weighted by atomic mass is 10.3. The number of anilines is 3. The van der Waals surface area contributed by atoms with Gasteiger partial charge in [0.2, 0.25) is 5.95 Å². The molecular formula is C22H24N6O. The van der Waals surface area contributed by atoms with E-state index in [1.54, 1.807) is 13.3 Å². The van der Waals surface area contributed by atoms with Crippen molar-refractivity contribution in [2.24, 2.45) is 0 Å². The Morgan fingerprint density at radius 3 is 2.34 bits per heavy atom. The molecular weight excluding hydrogens is 364 g/mol. The lowest BCUT2D eigenvalue weighted by Crippen LogP contribution is -2.24. The van der Waals surface area contributed by atoms with Crippen LogP contribution in [-0.2, 0) is 0 Å². The number of para-hydroxylation sites is 1. The van der Waals surface area contributed by atoms with Crippen LogP contribution in [0.2, 0.25) is 0 Å². The third kappa shape index (κ3) is 3.71. The molecule has 1 N–H and O–H groups in total. The number of methoxy groups -OCH3 is 1. The van der Waals surface area contributed by atoms with Gasteiger partial charge in [0.1, 0.15) is 11.6 Å². The van der Waals surface area contributed by atoms with Crippen molar-refractivity contribution >= 4 is 28.5 Å². The lowest BCUT2D eigenvalue weighted by Gasteiger charge is -2.20. The maximum atomic E-state index is 5.25. The van der Waals surface area contributed by atoms with Crippen LogP contribution < -0.4 is 15.0 Å². The number of nitrogens with zero attached hydrogens (tertiary/aromatic N) is 5. The molecule has 0 atom stereocenters. The number of hydrogen-bond acceptors (Lipinski definition) is 6. The molecule has 2 aromatic carbocycles. The quantitative estimate of drug-likeness (QED) is 0.506. The molecule has 2 heterocycles. The monoisotopic (exact) mass is 388 g/mol. The van der Waals surface area contributed by atoms with Gasteiger partial charge in [0, 0.05) is 18.8 Å². The number of nitrogens with one attached hydrogen (secondary N) is 1. The molecule has 2 aromatic heterocycles. The van der Waals surface area contributed by atoms with Crippen LogP contribution >= 0.6 is 0 Å². The predicted molar refractivity (Wildman–Crippen MR) is 116 cm³/mol. The van der Waals surface area contributed by atoms with Gasteiger partial charge in [-0.15, -0.1) is 0 Å². The fourth-order valence-electron chi connectivity index (χ4n) is 3.21. The first-order valence-corrected chi connectivity index (χ1v) is 9.70. The molecule has 7 heteroatoms. The van der Waals surface area contributed by atoms with Gasteiger partial charge in [-0.05, 0) is 50.2 Å². The van der Waals surface area contributed by atoms with Crippen LogP contribution in [0.25, 0.3) is 16.7 Å². The Balaban J connectivity index is 1.84. The molecule has 0 aliphatic carbocycles. The van der Waals surface area contributed by atoms with Gasteiger partial charge in [-0.2, -0.15) is 15.1 Å². The Morgan fingerprint density at radius 1 is 0.966 bits per heavy atom. The highest BCUT2D eigenvalue weighted by atomic mass is 16.5. The van der Waals surface area contributed by atoms with Gasteiger partial charge in [0.15, 0.2) is 5.65 Å². The van der Waals surface area contributed by atoms with E-state index >= 15 is 0 Å². The van der Waals surface area contributed by atoms with Gasteiger partial charge in [-0.25, -0.2) is 4.68 Å². The highest BCUT2D eigenvalue weighted by Crippen LogP contribution is 2.28. The molecule has 0 bridgehead atoms. The van der Waals surface area contributed by atoms with Crippen LogP contribution in [0.15, 0.2) is 60.8 Å². The van der Waals surface area contributed by atoms with Gasteiger partial charge in [-0.1, -0.05) is 18.2 Å². The third-order valence-electron chi connectivity index (χ3n) is 4.82. The highest BCUT2D eigenvalue weighted by molar-refractivity contribution is 5.90. The number of fused-ring (bicyclic) bond motifs is 1. The van der Waals surface area contributed by atoms with E-state index in [1.807, 2.05) is 59.3 Å². The van der Waals surface area contributed by atoms with Crippen LogP contribution in [0.1, 0.15) is 13.8 Å². The van der Waals surface area contributed by atoms with E-state index in [9.17, 15) is 0 Å². The second-order valence-corrected chi connectivity index (χ2v) is 6.53. The number of hydrogen-bond donors (Lipinski definition) is 1. The lowest BCUT2D eigenvalue weighted by molar-refractivity contribution is 0.415. The van der Waals surface area contributed by atoms with E-state index in [0.29, 0.717) is 5.95 Å². The second kappa shape index (κ2) is 8.18. The zero-order valence-corrected chi connectivity index (χ0v) is 16.8. The van der Waals surface area contributed by atoms with Crippen molar-refractivity contribution in [1.29, 1.82) is 0 Å². The van der Waals surface area contributed by atoms with Crippen LogP contribution in [0.3, 0.4) is 0 Å². The van der Waals surface area contributed by atoms with Crippen molar-refractivity contribution in [3.8, 4) is 11.4 Å². The molecule has 148 valence electrons. The van der Waals surface area contributed by atoms with Crippen molar-refractivity contribution < 1.29 is 4.74 Å². The summed E-state index contributed by atoms with van der Waals surface area (Å²) < 4.78 is 7.10. The summed E-state index contributed by atoms with van der Waals surface area (Å²) in [6.07, 6.45) is 1.81. The molecule has 0 unspecified atom stereocenters. The second-order valence-electron chi connectivity index (χ2n) is 6.53. The van der Waals surface area contributed by atoms with E-state index in [4.69, 9.17) is 14.7 Å². The molecule has 0 spiro atoms. The van der Waals surface area contributed by atoms with Gasteiger partial charge >= 0.3 is 0 Å². The van der Waals surface area contributed by atoms with Gasteiger partial charge in [-0.3, -0.25) is 0 Å². The SMILES string of the molecule is CCN(CC)c1nc(Nc2ccc(OC)cc2)c2cnn(-c3ccccc3)c2n1. The summed E-state index contributed by atoms with van der Waals surface area (Å²) in [7, 11) is 1.66. The van der Waals surface area contributed by atoms with Gasteiger partial charge in [0.25, 0.3) is 0 Å². The predicted octanol–water partition coefficient (Wildman–Crippen LogP) is 4.41. The van der Waals surface area contributed by atoms with Crippen molar-refractivity contribution in [2.75, 3.05) is 30.4 Å². The standard InChI is InChI=1S/C22H24N6O/c1-4-27(5-2)22-25-20(24-16-11-13-18(29-3)14-12-16)19-15-23-28(21(19)26-22)17-9-7-6-8-10-17/h6-15H,4-5H2,1-3H3,(H,24,25,26).